The maximum absolute atomic E-state index is 12.2. The van der Waals surface area contributed by atoms with Crippen molar-refractivity contribution in [3.63, 3.8) is 0 Å². The molecule has 2 aromatic rings. The molecule has 0 saturated carbocycles. The lowest BCUT2D eigenvalue weighted by Gasteiger charge is -2.22. The lowest BCUT2D eigenvalue weighted by atomic mass is 9.83. The van der Waals surface area contributed by atoms with Gasteiger partial charge in [-0.1, -0.05) is 30.3 Å². The molecule has 0 aliphatic heterocycles. The van der Waals surface area contributed by atoms with Crippen molar-refractivity contribution in [2.24, 2.45) is 4.99 Å². The molecular formula is C20H19NO3. The fourth-order valence-corrected chi connectivity index (χ4v) is 2.83. The molecule has 0 fully saturated rings. The Morgan fingerprint density at radius 2 is 1.83 bits per heavy atom. The Morgan fingerprint density at radius 3 is 2.50 bits per heavy atom. The molecule has 3 rings (SSSR count). The van der Waals surface area contributed by atoms with E-state index >= 15 is 0 Å². The van der Waals surface area contributed by atoms with Crippen LogP contribution in [-0.2, 0) is 4.79 Å². The molecule has 4 heteroatoms. The van der Waals surface area contributed by atoms with Crippen LogP contribution in [0.3, 0.4) is 0 Å². The average Bonchev–Trinajstić information content (AvgIpc) is 2.63. The zero-order valence-corrected chi connectivity index (χ0v) is 13.5. The molecule has 0 bridgehead atoms. The van der Waals surface area contributed by atoms with Gasteiger partial charge in [-0.15, -0.1) is 0 Å². The number of carbonyl (C=O) groups is 1. The summed E-state index contributed by atoms with van der Waals surface area (Å²) < 4.78 is 5.11. The van der Waals surface area contributed by atoms with Gasteiger partial charge in [0.1, 0.15) is 11.5 Å². The van der Waals surface area contributed by atoms with Gasteiger partial charge in [-0.3, -0.25) is 9.79 Å². The Hall–Kier alpha value is -2.88. The number of ether oxygens (including phenoxy) is 1. The maximum atomic E-state index is 12.2. The van der Waals surface area contributed by atoms with E-state index in [9.17, 15) is 9.90 Å². The first-order chi connectivity index (χ1) is 11.7. The molecule has 2 aromatic carbocycles. The minimum atomic E-state index is -0.152. The standard InChI is InChI=1S/C20H19NO3/c1-24-16-9-7-15(8-10-16)21-13-18-19(22)12-11-17(20(18)23)14-5-3-2-4-6-14/h2-10,13,17,23H,11-12H2,1H3/t17-/m0/s1. The van der Waals surface area contributed by atoms with Crippen LogP contribution in [-0.4, -0.2) is 24.2 Å². The van der Waals surface area contributed by atoms with Gasteiger partial charge < -0.3 is 9.84 Å². The Kier molecular flexibility index (Phi) is 4.75. The summed E-state index contributed by atoms with van der Waals surface area (Å²) in [5.41, 5.74) is 2.01. The van der Waals surface area contributed by atoms with Gasteiger partial charge in [-0.2, -0.15) is 0 Å². The third-order valence-electron chi connectivity index (χ3n) is 4.18. The van der Waals surface area contributed by atoms with Crippen molar-refractivity contribution in [1.82, 2.24) is 0 Å². The Morgan fingerprint density at radius 1 is 1.12 bits per heavy atom. The molecule has 0 unspecified atom stereocenters. The molecule has 1 aliphatic carbocycles. The Balaban J connectivity index is 1.88. The molecule has 1 aliphatic rings. The van der Waals surface area contributed by atoms with Crippen LogP contribution >= 0.6 is 0 Å². The molecule has 0 saturated heterocycles. The highest BCUT2D eigenvalue weighted by molar-refractivity contribution is 6.14. The first-order valence-electron chi connectivity index (χ1n) is 7.88. The normalized spacial score (nSPS) is 18.2. The second-order valence-electron chi connectivity index (χ2n) is 5.68. The van der Waals surface area contributed by atoms with E-state index in [4.69, 9.17) is 4.74 Å². The largest absolute Gasteiger partial charge is 0.511 e. The van der Waals surface area contributed by atoms with E-state index in [2.05, 4.69) is 4.99 Å². The molecule has 0 amide bonds. The molecular weight excluding hydrogens is 302 g/mol. The number of Topliss-reactive ketones (excluding diaryl/α,β-unsaturated/α-hetero) is 1. The number of carbonyl (C=O) groups excluding carboxylic acids is 1. The summed E-state index contributed by atoms with van der Waals surface area (Å²) in [5, 5.41) is 10.6. The summed E-state index contributed by atoms with van der Waals surface area (Å²) >= 11 is 0. The summed E-state index contributed by atoms with van der Waals surface area (Å²) in [5.74, 6) is 0.627. The first-order valence-corrected chi connectivity index (χ1v) is 7.88. The van der Waals surface area contributed by atoms with Gasteiger partial charge in [0.15, 0.2) is 5.78 Å². The highest BCUT2D eigenvalue weighted by Gasteiger charge is 2.28. The van der Waals surface area contributed by atoms with Gasteiger partial charge in [0, 0.05) is 18.6 Å². The number of benzene rings is 2. The number of rotatable bonds is 4. The van der Waals surface area contributed by atoms with Crippen LogP contribution in [0.2, 0.25) is 0 Å². The lowest BCUT2D eigenvalue weighted by Crippen LogP contribution is -2.19. The van der Waals surface area contributed by atoms with Crippen molar-refractivity contribution in [3.8, 4) is 5.75 Å². The smallest absolute Gasteiger partial charge is 0.167 e. The van der Waals surface area contributed by atoms with Gasteiger partial charge >= 0.3 is 0 Å². The molecule has 0 heterocycles. The number of nitrogens with zero attached hydrogens (tertiary/aromatic N) is 1. The van der Waals surface area contributed by atoms with E-state index in [1.165, 1.54) is 6.21 Å². The second-order valence-corrected chi connectivity index (χ2v) is 5.68. The van der Waals surface area contributed by atoms with Crippen molar-refractivity contribution >= 4 is 17.7 Å². The van der Waals surface area contributed by atoms with Crippen molar-refractivity contribution in [2.45, 2.75) is 18.8 Å². The zero-order valence-electron chi connectivity index (χ0n) is 13.5. The summed E-state index contributed by atoms with van der Waals surface area (Å²) in [4.78, 5) is 16.5. The van der Waals surface area contributed by atoms with Crippen molar-refractivity contribution in [2.75, 3.05) is 7.11 Å². The van der Waals surface area contributed by atoms with Crippen LogP contribution in [0, 0.1) is 0 Å². The summed E-state index contributed by atoms with van der Waals surface area (Å²) in [6.07, 6.45) is 2.50. The summed E-state index contributed by atoms with van der Waals surface area (Å²) in [6.45, 7) is 0. The molecule has 24 heavy (non-hydrogen) atoms. The fraction of sp³-hybridized carbons (Fsp3) is 0.200. The van der Waals surface area contributed by atoms with E-state index in [1.54, 1.807) is 31.4 Å². The van der Waals surface area contributed by atoms with Crippen LogP contribution in [0.25, 0.3) is 0 Å². The van der Waals surface area contributed by atoms with E-state index in [-0.39, 0.29) is 17.5 Å². The number of ketones is 1. The van der Waals surface area contributed by atoms with Crippen LogP contribution in [0.15, 0.2) is 70.9 Å². The molecule has 1 N–H and O–H groups in total. The minimum absolute atomic E-state index is 0.0723. The molecule has 0 spiro atoms. The molecule has 0 aromatic heterocycles. The Bertz CT molecular complexity index is 776. The number of aliphatic imine (C=N–C) groups is 1. The van der Waals surface area contributed by atoms with Crippen LogP contribution < -0.4 is 4.74 Å². The van der Waals surface area contributed by atoms with E-state index in [1.807, 2.05) is 30.3 Å². The predicted molar refractivity (Wildman–Crippen MR) is 94.2 cm³/mol. The number of hydrogen-bond acceptors (Lipinski definition) is 4. The van der Waals surface area contributed by atoms with Gasteiger partial charge in [0.05, 0.1) is 18.4 Å². The molecule has 1 atom stereocenters. The molecule has 4 nitrogen and oxygen atoms in total. The van der Waals surface area contributed by atoms with E-state index < -0.39 is 0 Å². The average molecular weight is 321 g/mol. The number of aliphatic hydroxyl groups excluding tert-OH is 1. The fourth-order valence-electron chi connectivity index (χ4n) is 2.83. The monoisotopic (exact) mass is 321 g/mol. The number of methoxy groups -OCH3 is 1. The number of allylic oxidation sites excluding steroid dienone is 2. The molecule has 122 valence electrons. The Labute approximate surface area is 141 Å². The van der Waals surface area contributed by atoms with Gasteiger partial charge in [0.25, 0.3) is 0 Å². The SMILES string of the molecule is COc1ccc(N=CC2=C(O)[C@H](c3ccccc3)CCC2=O)cc1. The van der Waals surface area contributed by atoms with Crippen LogP contribution in [0.5, 0.6) is 5.75 Å². The van der Waals surface area contributed by atoms with Gasteiger partial charge in [-0.05, 0) is 36.2 Å². The van der Waals surface area contributed by atoms with Crippen LogP contribution in [0.1, 0.15) is 24.3 Å². The highest BCUT2D eigenvalue weighted by Crippen LogP contribution is 2.34. The van der Waals surface area contributed by atoms with Crippen LogP contribution in [0.4, 0.5) is 5.69 Å². The predicted octanol–water partition coefficient (Wildman–Crippen LogP) is 4.36. The summed E-state index contributed by atoms with van der Waals surface area (Å²) in [7, 11) is 1.60. The van der Waals surface area contributed by atoms with Gasteiger partial charge in [0.2, 0.25) is 0 Å². The third kappa shape index (κ3) is 3.38. The first kappa shape index (κ1) is 16.0. The van der Waals surface area contributed by atoms with Crippen molar-refractivity contribution in [1.29, 1.82) is 0 Å². The van der Waals surface area contributed by atoms with Gasteiger partial charge in [-0.25, -0.2) is 0 Å². The van der Waals surface area contributed by atoms with E-state index in [0.29, 0.717) is 24.1 Å². The highest BCUT2D eigenvalue weighted by atomic mass is 16.5. The second kappa shape index (κ2) is 7.13. The quantitative estimate of drug-likeness (QED) is 0.851. The maximum Gasteiger partial charge on any atom is 0.167 e. The number of aliphatic hydroxyl groups is 1. The number of hydrogen-bond donors (Lipinski definition) is 1. The lowest BCUT2D eigenvalue weighted by molar-refractivity contribution is -0.115. The van der Waals surface area contributed by atoms with Crippen molar-refractivity contribution in [3.05, 3.63) is 71.5 Å². The zero-order chi connectivity index (χ0) is 16.9. The molecule has 0 radical (unpaired) electrons. The minimum Gasteiger partial charge on any atom is -0.511 e. The topological polar surface area (TPSA) is 58.9 Å². The van der Waals surface area contributed by atoms with E-state index in [0.717, 1.165) is 11.3 Å². The summed E-state index contributed by atoms with van der Waals surface area (Å²) in [6, 6.07) is 16.9. The third-order valence-corrected chi connectivity index (χ3v) is 4.18. The van der Waals surface area contributed by atoms with Crippen molar-refractivity contribution < 1.29 is 14.6 Å².